The van der Waals surface area contributed by atoms with Gasteiger partial charge in [-0.25, -0.2) is 4.98 Å². The molecule has 0 aliphatic rings. The second-order valence-corrected chi connectivity index (χ2v) is 5.98. The lowest BCUT2D eigenvalue weighted by molar-refractivity contribution is 0.744. The Kier molecular flexibility index (Phi) is 3.97. The number of allylic oxidation sites excluding steroid dienone is 1. The van der Waals surface area contributed by atoms with Crippen molar-refractivity contribution in [3.8, 4) is 12.1 Å². The zero-order chi connectivity index (χ0) is 17.9. The number of benzene rings is 2. The van der Waals surface area contributed by atoms with Crippen molar-refractivity contribution in [3.05, 3.63) is 66.1 Å². The number of hydrogen-bond donors (Lipinski definition) is 1. The van der Waals surface area contributed by atoms with Crippen LogP contribution in [0.2, 0.25) is 0 Å². The molecule has 2 aromatic carbocycles. The van der Waals surface area contributed by atoms with E-state index in [1.165, 1.54) is 0 Å². The molecule has 0 saturated heterocycles. The normalized spacial score (nSPS) is 11.5. The highest BCUT2D eigenvalue weighted by Gasteiger charge is 2.11. The van der Waals surface area contributed by atoms with Crippen LogP contribution in [0.5, 0.6) is 0 Å². The molecule has 0 fully saturated rings. The van der Waals surface area contributed by atoms with Crippen LogP contribution in [-0.4, -0.2) is 14.5 Å². The van der Waals surface area contributed by atoms with Crippen LogP contribution < -0.4 is 0 Å². The van der Waals surface area contributed by atoms with Gasteiger partial charge in [-0.3, -0.25) is 0 Å². The van der Waals surface area contributed by atoms with Crippen LogP contribution >= 0.6 is 0 Å². The minimum atomic E-state index is 0.441. The summed E-state index contributed by atoms with van der Waals surface area (Å²) in [6.45, 7) is 0.622. The Labute approximate surface area is 150 Å². The van der Waals surface area contributed by atoms with E-state index in [4.69, 9.17) is 5.26 Å². The van der Waals surface area contributed by atoms with Gasteiger partial charge >= 0.3 is 0 Å². The van der Waals surface area contributed by atoms with Gasteiger partial charge in [0.25, 0.3) is 0 Å². The quantitative estimate of drug-likeness (QED) is 0.557. The number of fused-ring (bicyclic) bond motifs is 2. The highest BCUT2D eigenvalue weighted by Crippen LogP contribution is 2.26. The molecule has 0 aliphatic carbocycles. The number of nitrogens with zero attached hydrogens (tertiary/aromatic N) is 4. The number of aromatic amines is 1. The summed E-state index contributed by atoms with van der Waals surface area (Å²) in [5.41, 5.74) is 4.20. The first-order valence-corrected chi connectivity index (χ1v) is 8.32. The van der Waals surface area contributed by atoms with Crippen molar-refractivity contribution in [1.29, 1.82) is 10.5 Å². The van der Waals surface area contributed by atoms with Crippen LogP contribution in [0.3, 0.4) is 0 Å². The summed E-state index contributed by atoms with van der Waals surface area (Å²) in [6, 6.07) is 20.1. The third-order valence-corrected chi connectivity index (χ3v) is 4.35. The molecule has 124 valence electrons. The molecule has 0 amide bonds. The number of imidazole rings is 1. The van der Waals surface area contributed by atoms with Crippen LogP contribution in [0.4, 0.5) is 0 Å². The van der Waals surface area contributed by atoms with Crippen molar-refractivity contribution in [2.24, 2.45) is 0 Å². The molecule has 0 spiro atoms. The number of rotatable bonds is 4. The Bertz CT molecular complexity index is 1180. The molecule has 2 aromatic heterocycles. The fourth-order valence-electron chi connectivity index (χ4n) is 3.14. The zero-order valence-electron chi connectivity index (χ0n) is 14.0. The maximum Gasteiger partial charge on any atom is 0.149 e. The molecule has 5 heteroatoms. The Morgan fingerprint density at radius 3 is 2.73 bits per heavy atom. The van der Waals surface area contributed by atoms with Crippen LogP contribution in [0.15, 0.2) is 54.7 Å². The number of para-hydroxylation sites is 3. The van der Waals surface area contributed by atoms with Gasteiger partial charge in [-0.2, -0.15) is 10.5 Å². The van der Waals surface area contributed by atoms with Crippen LogP contribution in [0.25, 0.3) is 33.6 Å². The number of H-pyrrole nitrogens is 1. The molecular weight excluding hydrogens is 322 g/mol. The van der Waals surface area contributed by atoms with Gasteiger partial charge in [0, 0.05) is 29.2 Å². The van der Waals surface area contributed by atoms with Gasteiger partial charge in [0.15, 0.2) is 0 Å². The first-order chi connectivity index (χ1) is 12.8. The monoisotopic (exact) mass is 337 g/mol. The largest absolute Gasteiger partial charge is 0.346 e. The molecular formula is C21H15N5. The van der Waals surface area contributed by atoms with Gasteiger partial charge < -0.3 is 9.55 Å². The van der Waals surface area contributed by atoms with Crippen molar-refractivity contribution in [1.82, 2.24) is 14.5 Å². The molecule has 0 radical (unpaired) electrons. The van der Waals surface area contributed by atoms with E-state index in [9.17, 15) is 5.26 Å². The summed E-state index contributed by atoms with van der Waals surface area (Å²) in [6.07, 6.45) is 4.28. The van der Waals surface area contributed by atoms with Crippen molar-refractivity contribution in [2.75, 3.05) is 0 Å². The number of aryl methyl sites for hydroxylation is 1. The number of nitriles is 2. The van der Waals surface area contributed by atoms with E-state index in [2.05, 4.69) is 26.7 Å². The summed E-state index contributed by atoms with van der Waals surface area (Å²) in [5.74, 6) is 0.558. The molecule has 0 aliphatic heterocycles. The zero-order valence-corrected chi connectivity index (χ0v) is 14.0. The average molecular weight is 337 g/mol. The highest BCUT2D eigenvalue weighted by molar-refractivity contribution is 5.98. The van der Waals surface area contributed by atoms with E-state index >= 15 is 0 Å². The minimum Gasteiger partial charge on any atom is -0.346 e. The summed E-state index contributed by atoms with van der Waals surface area (Å²) in [7, 11) is 0. The number of aromatic nitrogens is 3. The van der Waals surface area contributed by atoms with E-state index in [0.29, 0.717) is 24.4 Å². The van der Waals surface area contributed by atoms with Gasteiger partial charge in [0.2, 0.25) is 0 Å². The van der Waals surface area contributed by atoms with E-state index in [0.717, 1.165) is 27.5 Å². The predicted molar refractivity (Wildman–Crippen MR) is 102 cm³/mol. The van der Waals surface area contributed by atoms with Gasteiger partial charge in [0.05, 0.1) is 29.1 Å². The van der Waals surface area contributed by atoms with E-state index in [1.54, 1.807) is 0 Å². The first kappa shape index (κ1) is 15.7. The second-order valence-electron chi connectivity index (χ2n) is 5.98. The maximum atomic E-state index is 9.66. The molecule has 0 atom stereocenters. The Morgan fingerprint density at radius 1 is 1.12 bits per heavy atom. The molecule has 26 heavy (non-hydrogen) atoms. The predicted octanol–water partition coefficient (Wildman–Crippen LogP) is 4.50. The molecule has 2 heterocycles. The number of hydrogen-bond acceptors (Lipinski definition) is 3. The Balaban J connectivity index is 1.83. The lowest BCUT2D eigenvalue weighted by atomic mass is 10.1. The summed E-state index contributed by atoms with van der Waals surface area (Å²) < 4.78 is 2.05. The van der Waals surface area contributed by atoms with Crippen molar-refractivity contribution in [3.63, 3.8) is 0 Å². The average Bonchev–Trinajstić information content (AvgIpc) is 3.26. The Hall–Kier alpha value is -3.83. The molecule has 4 rings (SSSR count). The Morgan fingerprint density at radius 2 is 1.92 bits per heavy atom. The van der Waals surface area contributed by atoms with E-state index < -0.39 is 0 Å². The highest BCUT2D eigenvalue weighted by atomic mass is 15.0. The van der Waals surface area contributed by atoms with Crippen LogP contribution in [0.1, 0.15) is 17.8 Å². The van der Waals surface area contributed by atoms with Gasteiger partial charge in [-0.05, 0) is 24.3 Å². The number of nitrogens with one attached hydrogen (secondary N) is 1. The molecule has 0 bridgehead atoms. The van der Waals surface area contributed by atoms with Crippen LogP contribution in [0, 0.1) is 22.7 Å². The standard InChI is InChI=1S/C21H15N5/c22-10-5-11-26-14-16(17-6-1-4-9-20(17)26)12-15(13-23)21-24-18-7-2-3-8-19(18)25-21/h1-4,6-9,12,14H,5,11H2,(H,24,25)/b15-12+. The van der Waals surface area contributed by atoms with Crippen molar-refractivity contribution < 1.29 is 0 Å². The van der Waals surface area contributed by atoms with E-state index in [-0.39, 0.29) is 0 Å². The van der Waals surface area contributed by atoms with Gasteiger partial charge in [-0.1, -0.05) is 30.3 Å². The summed E-state index contributed by atoms with van der Waals surface area (Å²) in [4.78, 5) is 7.72. The van der Waals surface area contributed by atoms with Crippen LogP contribution in [-0.2, 0) is 6.54 Å². The minimum absolute atomic E-state index is 0.441. The fraction of sp³-hybridized carbons (Fsp3) is 0.0952. The first-order valence-electron chi connectivity index (χ1n) is 8.32. The molecule has 5 nitrogen and oxygen atoms in total. The smallest absolute Gasteiger partial charge is 0.149 e. The van der Waals surface area contributed by atoms with E-state index in [1.807, 2.05) is 60.8 Å². The third-order valence-electron chi connectivity index (χ3n) is 4.35. The summed E-state index contributed by atoms with van der Waals surface area (Å²) in [5, 5.41) is 19.6. The maximum absolute atomic E-state index is 9.66. The van der Waals surface area contributed by atoms with Gasteiger partial charge in [0.1, 0.15) is 11.9 Å². The topological polar surface area (TPSA) is 81.2 Å². The van der Waals surface area contributed by atoms with Crippen molar-refractivity contribution in [2.45, 2.75) is 13.0 Å². The third kappa shape index (κ3) is 2.72. The summed E-state index contributed by atoms with van der Waals surface area (Å²) >= 11 is 0. The second kappa shape index (κ2) is 6.58. The lowest BCUT2D eigenvalue weighted by Crippen LogP contribution is -1.94. The molecule has 1 N–H and O–H groups in total. The SMILES string of the molecule is N#CCCn1cc(/C=C(\C#N)c2nc3ccccc3[nH]2)c2ccccc21. The molecule has 4 aromatic rings. The lowest BCUT2D eigenvalue weighted by Gasteiger charge is -2.00. The fourth-order valence-corrected chi connectivity index (χ4v) is 3.14. The van der Waals surface area contributed by atoms with Gasteiger partial charge in [-0.15, -0.1) is 0 Å². The molecule has 0 unspecified atom stereocenters. The molecule has 0 saturated carbocycles. The van der Waals surface area contributed by atoms with Crippen molar-refractivity contribution >= 4 is 33.6 Å².